The summed E-state index contributed by atoms with van der Waals surface area (Å²) < 4.78 is 4.84. The lowest BCUT2D eigenvalue weighted by Crippen LogP contribution is -1.90. The molecule has 4 heteroatoms. The van der Waals surface area contributed by atoms with Crippen molar-refractivity contribution in [2.24, 2.45) is 0 Å². The standard InChI is InChI=1S/C9H11BrN2O/c1-13-9-11-6-8(7-12-9)4-2-3-5-10/h2,4,6-7H,3,5H2,1H3. The molecule has 0 aliphatic heterocycles. The van der Waals surface area contributed by atoms with Gasteiger partial charge >= 0.3 is 6.01 Å². The average molecular weight is 243 g/mol. The second-order valence-electron chi connectivity index (χ2n) is 2.38. The first kappa shape index (κ1) is 10.2. The molecule has 0 atom stereocenters. The molecule has 1 heterocycles. The highest BCUT2D eigenvalue weighted by atomic mass is 79.9. The molecule has 0 fully saturated rings. The molecule has 1 aromatic heterocycles. The number of halogens is 1. The number of hydrogen-bond donors (Lipinski definition) is 0. The molecule has 0 saturated heterocycles. The summed E-state index contributed by atoms with van der Waals surface area (Å²) in [6.45, 7) is 0. The van der Waals surface area contributed by atoms with Crippen LogP contribution in [-0.2, 0) is 0 Å². The minimum atomic E-state index is 0.401. The number of ether oxygens (including phenoxy) is 1. The normalized spacial score (nSPS) is 10.6. The molecule has 0 aliphatic carbocycles. The fourth-order valence-corrected chi connectivity index (χ4v) is 1.06. The van der Waals surface area contributed by atoms with Crippen LogP contribution in [0.1, 0.15) is 12.0 Å². The first-order valence-electron chi connectivity index (χ1n) is 3.95. The third kappa shape index (κ3) is 3.55. The van der Waals surface area contributed by atoms with Gasteiger partial charge in [-0.15, -0.1) is 0 Å². The highest BCUT2D eigenvalue weighted by Gasteiger charge is 1.92. The molecule has 0 unspecified atom stereocenters. The SMILES string of the molecule is COc1ncc(C=CCCBr)cn1. The topological polar surface area (TPSA) is 35.0 Å². The Bertz CT molecular complexity index is 271. The van der Waals surface area contributed by atoms with Gasteiger partial charge in [0.15, 0.2) is 0 Å². The summed E-state index contributed by atoms with van der Waals surface area (Å²) in [5.74, 6) is 0. The maximum absolute atomic E-state index is 4.84. The average Bonchev–Trinajstić information content (AvgIpc) is 2.19. The molecule has 1 rings (SSSR count). The summed E-state index contributed by atoms with van der Waals surface area (Å²) in [6.07, 6.45) is 8.53. The molecule has 0 saturated carbocycles. The van der Waals surface area contributed by atoms with Crippen LogP contribution in [0.25, 0.3) is 6.08 Å². The Balaban J connectivity index is 2.58. The zero-order valence-electron chi connectivity index (χ0n) is 7.40. The van der Waals surface area contributed by atoms with Crippen molar-refractivity contribution in [1.82, 2.24) is 9.97 Å². The van der Waals surface area contributed by atoms with Crippen LogP contribution in [0.3, 0.4) is 0 Å². The Kier molecular flexibility index (Phi) is 4.46. The maximum atomic E-state index is 4.84. The Labute approximate surface area is 86.0 Å². The fraction of sp³-hybridized carbons (Fsp3) is 0.333. The third-order valence-corrected chi connectivity index (χ3v) is 1.87. The van der Waals surface area contributed by atoms with Crippen LogP contribution in [0.15, 0.2) is 18.5 Å². The molecule has 70 valence electrons. The molecule has 1 aromatic rings. The van der Waals surface area contributed by atoms with Crippen molar-refractivity contribution in [3.63, 3.8) is 0 Å². The van der Waals surface area contributed by atoms with Crippen molar-refractivity contribution >= 4 is 22.0 Å². The Morgan fingerprint density at radius 1 is 1.46 bits per heavy atom. The zero-order valence-corrected chi connectivity index (χ0v) is 8.99. The number of alkyl halides is 1. The molecule has 0 amide bonds. The molecule has 0 aliphatic rings. The van der Waals surface area contributed by atoms with Gasteiger partial charge in [-0.05, 0) is 6.42 Å². The second-order valence-corrected chi connectivity index (χ2v) is 3.18. The maximum Gasteiger partial charge on any atom is 0.316 e. The number of allylic oxidation sites excluding steroid dienone is 1. The number of rotatable bonds is 4. The molecular weight excluding hydrogens is 232 g/mol. The van der Waals surface area contributed by atoms with Crippen molar-refractivity contribution in [1.29, 1.82) is 0 Å². The van der Waals surface area contributed by atoms with Gasteiger partial charge in [0.05, 0.1) is 7.11 Å². The second kappa shape index (κ2) is 5.70. The summed E-state index contributed by atoms with van der Waals surface area (Å²) in [6, 6.07) is 0.401. The lowest BCUT2D eigenvalue weighted by atomic mass is 10.3. The molecule has 0 aromatic carbocycles. The van der Waals surface area contributed by atoms with Gasteiger partial charge in [-0.1, -0.05) is 28.1 Å². The van der Waals surface area contributed by atoms with Crippen LogP contribution in [0, 0.1) is 0 Å². The fourth-order valence-electron chi connectivity index (χ4n) is 0.800. The van der Waals surface area contributed by atoms with Gasteiger partial charge in [0.2, 0.25) is 0 Å². The van der Waals surface area contributed by atoms with Crippen LogP contribution in [0.4, 0.5) is 0 Å². The van der Waals surface area contributed by atoms with Crippen LogP contribution in [-0.4, -0.2) is 22.4 Å². The minimum Gasteiger partial charge on any atom is -0.467 e. The summed E-state index contributed by atoms with van der Waals surface area (Å²) in [7, 11) is 1.55. The van der Waals surface area contributed by atoms with E-state index in [-0.39, 0.29) is 0 Å². The third-order valence-electron chi connectivity index (χ3n) is 1.42. The van der Waals surface area contributed by atoms with Crippen LogP contribution in [0.5, 0.6) is 6.01 Å². The molecule has 3 nitrogen and oxygen atoms in total. The van der Waals surface area contributed by atoms with Gasteiger partial charge in [0.25, 0.3) is 0 Å². The number of methoxy groups -OCH3 is 1. The van der Waals surface area contributed by atoms with Crippen molar-refractivity contribution in [2.45, 2.75) is 6.42 Å². The smallest absolute Gasteiger partial charge is 0.316 e. The Morgan fingerprint density at radius 3 is 2.69 bits per heavy atom. The molecule has 0 bridgehead atoms. The Morgan fingerprint density at radius 2 is 2.15 bits per heavy atom. The number of hydrogen-bond acceptors (Lipinski definition) is 3. The van der Waals surface area contributed by atoms with E-state index in [1.165, 1.54) is 0 Å². The summed E-state index contributed by atoms with van der Waals surface area (Å²) in [5, 5.41) is 0.973. The molecule has 0 N–H and O–H groups in total. The van der Waals surface area contributed by atoms with Crippen LogP contribution >= 0.6 is 15.9 Å². The van der Waals surface area contributed by atoms with Crippen molar-refractivity contribution in [3.05, 3.63) is 24.0 Å². The molecule has 13 heavy (non-hydrogen) atoms. The van der Waals surface area contributed by atoms with E-state index in [1.54, 1.807) is 19.5 Å². The van der Waals surface area contributed by atoms with E-state index in [2.05, 4.69) is 32.0 Å². The first-order valence-corrected chi connectivity index (χ1v) is 5.07. The van der Waals surface area contributed by atoms with E-state index >= 15 is 0 Å². The molecule has 0 radical (unpaired) electrons. The zero-order chi connectivity index (χ0) is 9.52. The minimum absolute atomic E-state index is 0.401. The first-order chi connectivity index (χ1) is 6.36. The van der Waals surface area contributed by atoms with E-state index < -0.39 is 0 Å². The number of nitrogens with zero attached hydrogens (tertiary/aromatic N) is 2. The largest absolute Gasteiger partial charge is 0.467 e. The van der Waals surface area contributed by atoms with Gasteiger partial charge in [0, 0.05) is 23.3 Å². The van der Waals surface area contributed by atoms with Crippen LogP contribution in [0.2, 0.25) is 0 Å². The van der Waals surface area contributed by atoms with Gasteiger partial charge < -0.3 is 4.74 Å². The predicted octanol–water partition coefficient (Wildman–Crippen LogP) is 2.28. The quantitative estimate of drug-likeness (QED) is 0.761. The lowest BCUT2D eigenvalue weighted by molar-refractivity contribution is 0.379. The van der Waals surface area contributed by atoms with E-state index in [0.717, 1.165) is 17.3 Å². The molecule has 0 spiro atoms. The van der Waals surface area contributed by atoms with E-state index in [1.807, 2.05) is 6.08 Å². The number of aromatic nitrogens is 2. The lowest BCUT2D eigenvalue weighted by Gasteiger charge is -1.96. The van der Waals surface area contributed by atoms with Gasteiger partial charge in [-0.3, -0.25) is 0 Å². The summed E-state index contributed by atoms with van der Waals surface area (Å²) in [4.78, 5) is 7.96. The predicted molar refractivity (Wildman–Crippen MR) is 56.0 cm³/mol. The van der Waals surface area contributed by atoms with Gasteiger partial charge in [0.1, 0.15) is 0 Å². The summed E-state index contributed by atoms with van der Waals surface area (Å²) >= 11 is 3.34. The van der Waals surface area contributed by atoms with Crippen molar-refractivity contribution in [2.75, 3.05) is 12.4 Å². The van der Waals surface area contributed by atoms with Crippen LogP contribution < -0.4 is 4.74 Å². The van der Waals surface area contributed by atoms with Gasteiger partial charge in [-0.25, -0.2) is 9.97 Å². The monoisotopic (exact) mass is 242 g/mol. The molecular formula is C9H11BrN2O. The Hall–Kier alpha value is -0.900. The van der Waals surface area contributed by atoms with E-state index in [0.29, 0.717) is 6.01 Å². The highest BCUT2D eigenvalue weighted by Crippen LogP contribution is 2.04. The summed E-state index contributed by atoms with van der Waals surface area (Å²) in [5.41, 5.74) is 0.988. The van der Waals surface area contributed by atoms with Crippen molar-refractivity contribution in [3.8, 4) is 6.01 Å². The van der Waals surface area contributed by atoms with E-state index in [9.17, 15) is 0 Å². The highest BCUT2D eigenvalue weighted by molar-refractivity contribution is 9.09. The van der Waals surface area contributed by atoms with Crippen molar-refractivity contribution < 1.29 is 4.74 Å². The van der Waals surface area contributed by atoms with Gasteiger partial charge in [-0.2, -0.15) is 0 Å². The van der Waals surface area contributed by atoms with E-state index in [4.69, 9.17) is 4.74 Å².